The minimum Gasteiger partial charge on any atom is -0.344 e. The van der Waals surface area contributed by atoms with Crippen LogP contribution in [0.1, 0.15) is 33.6 Å². The molecule has 2 nitrogen and oxygen atoms in total. The molecular weight excluding hydrogens is 172 g/mol. The Bertz CT molecular complexity index is 253. The Morgan fingerprint density at radius 1 is 1.50 bits per heavy atom. The molecule has 1 aliphatic rings. The predicted molar refractivity (Wildman–Crippen MR) is 61.7 cm³/mol. The van der Waals surface area contributed by atoms with Gasteiger partial charge in [0.15, 0.2) is 0 Å². The lowest BCUT2D eigenvalue weighted by atomic mass is 9.97. The van der Waals surface area contributed by atoms with Crippen LogP contribution < -0.4 is 5.73 Å². The molecule has 2 heteroatoms. The van der Waals surface area contributed by atoms with E-state index in [1.165, 1.54) is 11.4 Å². The largest absolute Gasteiger partial charge is 0.344 e. The summed E-state index contributed by atoms with van der Waals surface area (Å²) < 4.78 is 0. The van der Waals surface area contributed by atoms with Crippen LogP contribution in [-0.4, -0.2) is 17.0 Å². The van der Waals surface area contributed by atoms with E-state index in [1.54, 1.807) is 0 Å². The van der Waals surface area contributed by atoms with Gasteiger partial charge in [0, 0.05) is 22.9 Å². The highest BCUT2D eigenvalue weighted by atomic mass is 15.2. The highest BCUT2D eigenvalue weighted by Gasteiger charge is 2.35. The van der Waals surface area contributed by atoms with Crippen LogP contribution in [0, 0.1) is 5.92 Å². The Morgan fingerprint density at radius 3 is 2.43 bits per heavy atom. The average Bonchev–Trinajstić information content (AvgIpc) is 2.26. The van der Waals surface area contributed by atoms with Crippen molar-refractivity contribution in [2.75, 3.05) is 6.54 Å². The summed E-state index contributed by atoms with van der Waals surface area (Å²) in [5.74, 6) is 0.527. The van der Waals surface area contributed by atoms with Crippen LogP contribution in [-0.2, 0) is 0 Å². The van der Waals surface area contributed by atoms with E-state index in [4.69, 9.17) is 5.73 Å². The quantitative estimate of drug-likeness (QED) is 0.748. The molecule has 0 bridgehead atoms. The first-order chi connectivity index (χ1) is 6.40. The zero-order valence-corrected chi connectivity index (χ0v) is 9.64. The van der Waals surface area contributed by atoms with Crippen molar-refractivity contribution < 1.29 is 0 Å². The van der Waals surface area contributed by atoms with E-state index in [0.29, 0.717) is 12.5 Å². The lowest BCUT2D eigenvalue weighted by molar-refractivity contribution is 0.213. The monoisotopic (exact) mass is 194 g/mol. The summed E-state index contributed by atoms with van der Waals surface area (Å²) >= 11 is 0. The minimum absolute atomic E-state index is 0.0632. The standard InChI is InChI=1S/C12H22N2/c1-9-8-10(2)14(11(9)3)12(4,5)6-7-13/h9H,2-3,6-8,13H2,1,4-5H3. The molecule has 14 heavy (non-hydrogen) atoms. The minimum atomic E-state index is 0.0632. The molecule has 0 aliphatic carbocycles. The fourth-order valence-corrected chi connectivity index (χ4v) is 2.27. The Labute approximate surface area is 87.5 Å². The van der Waals surface area contributed by atoms with Crippen molar-refractivity contribution in [3.63, 3.8) is 0 Å². The van der Waals surface area contributed by atoms with Gasteiger partial charge < -0.3 is 10.6 Å². The third kappa shape index (κ3) is 1.85. The molecule has 1 fully saturated rings. The van der Waals surface area contributed by atoms with E-state index < -0.39 is 0 Å². The number of likely N-dealkylation sites (tertiary alicyclic amines) is 1. The molecule has 80 valence electrons. The second kappa shape index (κ2) is 3.77. The predicted octanol–water partition coefficient (Wildman–Crippen LogP) is 2.48. The number of rotatable bonds is 3. The summed E-state index contributed by atoms with van der Waals surface area (Å²) in [5, 5.41) is 0. The average molecular weight is 194 g/mol. The summed E-state index contributed by atoms with van der Waals surface area (Å²) in [7, 11) is 0. The molecule has 2 N–H and O–H groups in total. The number of nitrogens with zero attached hydrogens (tertiary/aromatic N) is 1. The van der Waals surface area contributed by atoms with Crippen LogP contribution in [0.5, 0.6) is 0 Å². The first kappa shape index (κ1) is 11.3. The topological polar surface area (TPSA) is 29.3 Å². The van der Waals surface area contributed by atoms with Gasteiger partial charge in [-0.3, -0.25) is 0 Å². The molecule has 1 atom stereocenters. The summed E-state index contributed by atoms with van der Waals surface area (Å²) in [6, 6.07) is 0. The molecule has 1 aliphatic heterocycles. The van der Waals surface area contributed by atoms with E-state index >= 15 is 0 Å². The van der Waals surface area contributed by atoms with Crippen LogP contribution in [0.3, 0.4) is 0 Å². The highest BCUT2D eigenvalue weighted by Crippen LogP contribution is 2.40. The molecule has 0 spiro atoms. The van der Waals surface area contributed by atoms with Crippen molar-refractivity contribution >= 4 is 0 Å². The molecular formula is C12H22N2. The van der Waals surface area contributed by atoms with E-state index in [-0.39, 0.29) is 5.54 Å². The van der Waals surface area contributed by atoms with Gasteiger partial charge in [0.2, 0.25) is 0 Å². The van der Waals surface area contributed by atoms with Crippen molar-refractivity contribution in [2.45, 2.75) is 39.2 Å². The van der Waals surface area contributed by atoms with Crippen LogP contribution >= 0.6 is 0 Å². The van der Waals surface area contributed by atoms with Crippen molar-refractivity contribution in [3.05, 3.63) is 24.6 Å². The summed E-state index contributed by atoms with van der Waals surface area (Å²) in [6.07, 6.45) is 2.00. The lowest BCUT2D eigenvalue weighted by Gasteiger charge is -2.39. The molecule has 0 aromatic carbocycles. The molecule has 0 amide bonds. The summed E-state index contributed by atoms with van der Waals surface area (Å²) in [4.78, 5) is 2.27. The molecule has 1 saturated heterocycles. The third-order valence-electron chi connectivity index (χ3n) is 3.08. The van der Waals surface area contributed by atoms with E-state index in [1.807, 2.05) is 0 Å². The maximum Gasteiger partial charge on any atom is 0.0400 e. The number of allylic oxidation sites excluding steroid dienone is 2. The van der Waals surface area contributed by atoms with Crippen LogP contribution in [0.25, 0.3) is 0 Å². The lowest BCUT2D eigenvalue weighted by Crippen LogP contribution is -2.41. The Balaban J connectivity index is 2.86. The third-order valence-corrected chi connectivity index (χ3v) is 3.08. The van der Waals surface area contributed by atoms with Crippen molar-refractivity contribution in [1.29, 1.82) is 0 Å². The van der Waals surface area contributed by atoms with Gasteiger partial charge in [-0.05, 0) is 33.2 Å². The molecule has 1 rings (SSSR count). The van der Waals surface area contributed by atoms with E-state index in [9.17, 15) is 0 Å². The Morgan fingerprint density at radius 2 is 2.07 bits per heavy atom. The molecule has 0 radical (unpaired) electrons. The van der Waals surface area contributed by atoms with Gasteiger partial charge in [0.1, 0.15) is 0 Å². The van der Waals surface area contributed by atoms with Crippen LogP contribution in [0.15, 0.2) is 24.6 Å². The molecule has 0 saturated carbocycles. The van der Waals surface area contributed by atoms with E-state index in [0.717, 1.165) is 12.8 Å². The smallest absolute Gasteiger partial charge is 0.0400 e. The van der Waals surface area contributed by atoms with Crippen molar-refractivity contribution in [1.82, 2.24) is 4.90 Å². The van der Waals surface area contributed by atoms with Gasteiger partial charge in [-0.1, -0.05) is 20.1 Å². The van der Waals surface area contributed by atoms with Gasteiger partial charge in [0.05, 0.1) is 0 Å². The van der Waals surface area contributed by atoms with Crippen LogP contribution in [0.2, 0.25) is 0 Å². The Kier molecular flexibility index (Phi) is 3.05. The summed E-state index contributed by atoms with van der Waals surface area (Å²) in [6.45, 7) is 15.6. The Hall–Kier alpha value is -0.760. The fourth-order valence-electron chi connectivity index (χ4n) is 2.27. The van der Waals surface area contributed by atoms with Crippen molar-refractivity contribution in [3.8, 4) is 0 Å². The number of nitrogens with two attached hydrogens (primary N) is 1. The zero-order chi connectivity index (χ0) is 10.9. The van der Waals surface area contributed by atoms with Gasteiger partial charge in [-0.25, -0.2) is 0 Å². The first-order valence-electron chi connectivity index (χ1n) is 5.27. The van der Waals surface area contributed by atoms with E-state index in [2.05, 4.69) is 38.8 Å². The van der Waals surface area contributed by atoms with Gasteiger partial charge in [0.25, 0.3) is 0 Å². The SMILES string of the molecule is C=C1CC(C)C(=C)N1C(C)(C)CCN. The summed E-state index contributed by atoms with van der Waals surface area (Å²) in [5.41, 5.74) is 8.05. The second-order valence-corrected chi connectivity index (χ2v) is 4.85. The zero-order valence-electron chi connectivity index (χ0n) is 9.64. The maximum atomic E-state index is 5.62. The first-order valence-corrected chi connectivity index (χ1v) is 5.27. The van der Waals surface area contributed by atoms with Crippen LogP contribution in [0.4, 0.5) is 0 Å². The number of hydrogen-bond acceptors (Lipinski definition) is 2. The highest BCUT2D eigenvalue weighted by molar-refractivity contribution is 5.22. The molecule has 1 unspecified atom stereocenters. The van der Waals surface area contributed by atoms with Crippen molar-refractivity contribution in [2.24, 2.45) is 11.7 Å². The fraction of sp³-hybridized carbons (Fsp3) is 0.667. The molecule has 1 heterocycles. The maximum absolute atomic E-state index is 5.62. The van der Waals surface area contributed by atoms with Gasteiger partial charge in [-0.2, -0.15) is 0 Å². The van der Waals surface area contributed by atoms with Gasteiger partial charge in [-0.15, -0.1) is 0 Å². The molecule has 0 aromatic heterocycles. The normalized spacial score (nSPS) is 23.4. The number of hydrogen-bond donors (Lipinski definition) is 1. The molecule has 0 aromatic rings. The second-order valence-electron chi connectivity index (χ2n) is 4.85. The van der Waals surface area contributed by atoms with Gasteiger partial charge >= 0.3 is 0 Å².